The largest absolute Gasteiger partial charge is 0.486 e. The van der Waals surface area contributed by atoms with Crippen LogP contribution in [-0.2, 0) is 9.47 Å². The van der Waals surface area contributed by atoms with Crippen molar-refractivity contribution in [3.8, 4) is 5.75 Å². The van der Waals surface area contributed by atoms with Crippen LogP contribution in [0.5, 0.6) is 5.75 Å². The zero-order valence-electron chi connectivity index (χ0n) is 23.7. The lowest BCUT2D eigenvalue weighted by Gasteiger charge is -2.47. The zero-order chi connectivity index (χ0) is 27.9. The van der Waals surface area contributed by atoms with Gasteiger partial charge in [-0.25, -0.2) is 15.0 Å². The number of aliphatic hydroxyl groups is 1. The number of ether oxygens (including phenoxy) is 3. The van der Waals surface area contributed by atoms with Gasteiger partial charge in [0.15, 0.2) is 17.4 Å². The number of rotatable bonds is 7. The third-order valence-electron chi connectivity index (χ3n) is 9.69. The summed E-state index contributed by atoms with van der Waals surface area (Å²) in [5, 5.41) is 11.1. The third-order valence-corrected chi connectivity index (χ3v) is 10.6. The van der Waals surface area contributed by atoms with E-state index in [-0.39, 0.29) is 23.7 Å². The van der Waals surface area contributed by atoms with E-state index in [1.165, 1.54) is 18.2 Å². The molecular formula is C29H42N6O4S. The number of fused-ring (bicyclic) bond motifs is 3. The van der Waals surface area contributed by atoms with E-state index in [0.717, 1.165) is 86.5 Å². The van der Waals surface area contributed by atoms with Crippen LogP contribution in [-0.4, -0.2) is 97.6 Å². The summed E-state index contributed by atoms with van der Waals surface area (Å²) < 4.78 is 17.9. The molecule has 0 aromatic carbocycles. The lowest BCUT2D eigenvalue weighted by molar-refractivity contribution is -0.0646. The van der Waals surface area contributed by atoms with Gasteiger partial charge < -0.3 is 34.9 Å². The van der Waals surface area contributed by atoms with Gasteiger partial charge in [-0.15, -0.1) is 0 Å². The van der Waals surface area contributed by atoms with Gasteiger partial charge in [-0.3, -0.25) is 0 Å². The number of likely N-dealkylation sites (tertiary alicyclic amines) is 1. The molecule has 4 aliphatic heterocycles. The molecule has 0 unspecified atom stereocenters. The van der Waals surface area contributed by atoms with E-state index in [4.69, 9.17) is 24.9 Å². The molecular weight excluding hydrogens is 528 g/mol. The maximum absolute atomic E-state index is 10.3. The van der Waals surface area contributed by atoms with E-state index < -0.39 is 0 Å². The van der Waals surface area contributed by atoms with E-state index in [1.54, 1.807) is 7.11 Å². The van der Waals surface area contributed by atoms with Gasteiger partial charge in [0.25, 0.3) is 0 Å². The Kier molecular flexibility index (Phi) is 7.86. The highest BCUT2D eigenvalue weighted by molar-refractivity contribution is 8.14. The number of hydrogen-bond donors (Lipinski definition) is 2. The minimum atomic E-state index is -0.221. The van der Waals surface area contributed by atoms with Crippen molar-refractivity contribution in [2.24, 2.45) is 27.1 Å². The van der Waals surface area contributed by atoms with Gasteiger partial charge in [0.05, 0.1) is 41.4 Å². The summed E-state index contributed by atoms with van der Waals surface area (Å²) in [5.41, 5.74) is 7.23. The highest BCUT2D eigenvalue weighted by Crippen LogP contribution is 2.53. The predicted molar refractivity (Wildman–Crippen MR) is 157 cm³/mol. The van der Waals surface area contributed by atoms with Crippen LogP contribution in [0.2, 0.25) is 0 Å². The molecule has 2 spiro atoms. The molecule has 3 N–H and O–H groups in total. The normalized spacial score (nSPS) is 29.1. The number of aromatic nitrogens is 1. The molecule has 5 heterocycles. The first-order chi connectivity index (χ1) is 19.4. The average molecular weight is 571 g/mol. The highest BCUT2D eigenvalue weighted by Gasteiger charge is 2.59. The molecule has 1 aromatic heterocycles. The van der Waals surface area contributed by atoms with E-state index >= 15 is 0 Å². The SMILES string of the molecule is C=N/C(=C(CO)\N=C(/C)Sc1ccnc2c1OC[C@@H]1C[C@H](COC)CN21)N1CCC2(CC1)COC1(CCC1)[C@H]2N. The van der Waals surface area contributed by atoms with Gasteiger partial charge in [0, 0.05) is 50.3 Å². The Bertz CT molecular complexity index is 1180. The maximum atomic E-state index is 10.3. The Hall–Kier alpha value is -2.18. The fraction of sp³-hybridized carbons (Fsp3) is 0.690. The van der Waals surface area contributed by atoms with Gasteiger partial charge in [-0.05, 0) is 58.2 Å². The summed E-state index contributed by atoms with van der Waals surface area (Å²) in [6.45, 7) is 10.2. The van der Waals surface area contributed by atoms with Crippen LogP contribution >= 0.6 is 11.8 Å². The first-order valence-electron chi connectivity index (χ1n) is 14.5. The topological polar surface area (TPSA) is 118 Å². The van der Waals surface area contributed by atoms with E-state index in [1.807, 2.05) is 19.2 Å². The third kappa shape index (κ3) is 4.83. The summed E-state index contributed by atoms with van der Waals surface area (Å²) in [6.07, 6.45) is 8.13. The molecule has 5 aliphatic rings. The first kappa shape index (κ1) is 28.0. The Labute approximate surface area is 241 Å². The smallest absolute Gasteiger partial charge is 0.175 e. The molecule has 0 radical (unpaired) electrons. The molecule has 40 heavy (non-hydrogen) atoms. The van der Waals surface area contributed by atoms with Crippen molar-refractivity contribution in [3.63, 3.8) is 0 Å². The van der Waals surface area contributed by atoms with Gasteiger partial charge in [-0.2, -0.15) is 0 Å². The summed E-state index contributed by atoms with van der Waals surface area (Å²) in [4.78, 5) is 19.3. The second-order valence-electron chi connectivity index (χ2n) is 12.0. The number of methoxy groups -OCH3 is 1. The molecule has 218 valence electrons. The minimum absolute atomic E-state index is 0.0238. The van der Waals surface area contributed by atoms with Crippen molar-refractivity contribution in [3.05, 3.63) is 23.8 Å². The quantitative estimate of drug-likeness (QED) is 0.290. The molecule has 0 amide bonds. The molecule has 1 aromatic rings. The molecule has 4 fully saturated rings. The number of anilines is 1. The van der Waals surface area contributed by atoms with Crippen molar-refractivity contribution in [1.82, 2.24) is 9.88 Å². The van der Waals surface area contributed by atoms with Crippen molar-refractivity contribution >= 4 is 29.3 Å². The van der Waals surface area contributed by atoms with Crippen molar-refractivity contribution in [2.45, 2.75) is 68.0 Å². The van der Waals surface area contributed by atoms with E-state index in [9.17, 15) is 5.11 Å². The van der Waals surface area contributed by atoms with Crippen LogP contribution in [0.3, 0.4) is 0 Å². The van der Waals surface area contributed by atoms with Gasteiger partial charge in [0.2, 0.25) is 0 Å². The molecule has 1 aliphatic carbocycles. The molecule has 1 saturated carbocycles. The molecule has 10 nitrogen and oxygen atoms in total. The van der Waals surface area contributed by atoms with Gasteiger partial charge >= 0.3 is 0 Å². The number of hydrogen-bond acceptors (Lipinski definition) is 11. The second-order valence-corrected chi connectivity index (χ2v) is 13.2. The lowest BCUT2D eigenvalue weighted by atomic mass is 9.64. The first-order valence-corrected chi connectivity index (χ1v) is 15.3. The monoisotopic (exact) mass is 570 g/mol. The Morgan fingerprint density at radius 2 is 2.12 bits per heavy atom. The van der Waals surface area contributed by atoms with Gasteiger partial charge in [0.1, 0.15) is 12.3 Å². The van der Waals surface area contributed by atoms with Crippen LogP contribution in [0.15, 0.2) is 38.7 Å². The maximum Gasteiger partial charge on any atom is 0.175 e. The zero-order valence-corrected chi connectivity index (χ0v) is 24.5. The average Bonchev–Trinajstić information content (AvgIpc) is 3.48. The van der Waals surface area contributed by atoms with Crippen molar-refractivity contribution in [1.29, 1.82) is 0 Å². The van der Waals surface area contributed by atoms with Crippen LogP contribution < -0.4 is 15.4 Å². The van der Waals surface area contributed by atoms with E-state index in [2.05, 4.69) is 26.5 Å². The minimum Gasteiger partial charge on any atom is -0.486 e. The van der Waals surface area contributed by atoms with Crippen LogP contribution in [0.1, 0.15) is 45.4 Å². The Morgan fingerprint density at radius 1 is 1.32 bits per heavy atom. The van der Waals surface area contributed by atoms with Crippen LogP contribution in [0, 0.1) is 11.3 Å². The lowest BCUT2D eigenvalue weighted by Crippen LogP contribution is -2.58. The number of pyridine rings is 1. The fourth-order valence-corrected chi connectivity index (χ4v) is 8.18. The van der Waals surface area contributed by atoms with Crippen LogP contribution in [0.4, 0.5) is 5.82 Å². The standard InChI is InChI=1S/C29H42N6O4S/c1-19(40-23-5-10-32-26-24(23)38-17-21-13-20(16-37-3)14-35(21)26)33-22(15-36)25(31-2)34-11-8-28(9-12-34)18-39-29(27(28)30)6-4-7-29/h5,10,20-21,27,36H,2,4,6-9,11-18,30H2,1,3H3/b25-22+,33-19+/t20-,21-,27-/m0/s1. The second kappa shape index (κ2) is 11.2. The fourth-order valence-electron chi connectivity index (χ4n) is 7.33. The molecule has 0 bridgehead atoms. The van der Waals surface area contributed by atoms with Crippen molar-refractivity contribution in [2.75, 3.05) is 58.1 Å². The number of thioether (sulfide) groups is 1. The van der Waals surface area contributed by atoms with Crippen LogP contribution in [0.25, 0.3) is 0 Å². The van der Waals surface area contributed by atoms with E-state index in [0.29, 0.717) is 30.1 Å². The Morgan fingerprint density at radius 3 is 2.77 bits per heavy atom. The number of aliphatic imine (C=N–C) groups is 2. The molecule has 11 heteroatoms. The Balaban J connectivity index is 1.16. The predicted octanol–water partition coefficient (Wildman–Crippen LogP) is 3.05. The highest BCUT2D eigenvalue weighted by atomic mass is 32.2. The summed E-state index contributed by atoms with van der Waals surface area (Å²) in [6, 6.07) is 2.38. The summed E-state index contributed by atoms with van der Waals surface area (Å²) in [7, 11) is 1.75. The number of aliphatic hydroxyl groups excluding tert-OH is 1. The molecule has 3 atom stereocenters. The number of nitrogens with zero attached hydrogens (tertiary/aromatic N) is 5. The summed E-state index contributed by atoms with van der Waals surface area (Å²) in [5.74, 6) is 2.81. The van der Waals surface area contributed by atoms with Crippen molar-refractivity contribution < 1.29 is 19.3 Å². The molecule has 6 rings (SSSR count). The number of piperidine rings is 1. The van der Waals surface area contributed by atoms with Gasteiger partial charge in [-0.1, -0.05) is 11.8 Å². The number of nitrogens with two attached hydrogens (primary N) is 1. The summed E-state index contributed by atoms with van der Waals surface area (Å²) >= 11 is 1.52. The molecule has 3 saturated heterocycles.